The number of aryl methyl sites for hydroxylation is 1. The number of aromatic nitrogens is 2. The summed E-state index contributed by atoms with van der Waals surface area (Å²) in [5.41, 5.74) is 8.41. The Morgan fingerprint density at radius 1 is 0.471 bits per heavy atom. The molecule has 0 saturated carbocycles. The van der Waals surface area contributed by atoms with Crippen molar-refractivity contribution < 1.29 is 0 Å². The van der Waals surface area contributed by atoms with Gasteiger partial charge in [-0.2, -0.15) is 0 Å². The van der Waals surface area contributed by atoms with Gasteiger partial charge in [0, 0.05) is 5.69 Å². The van der Waals surface area contributed by atoms with E-state index in [0.29, 0.717) is 0 Å². The Bertz CT molecular complexity index is 1430. The van der Waals surface area contributed by atoms with E-state index < -0.39 is 0 Å². The molecule has 164 valence electrons. The normalized spacial score (nSPS) is 10.5. The molecule has 0 aliphatic rings. The fourth-order valence-corrected chi connectivity index (χ4v) is 4.19. The van der Waals surface area contributed by atoms with Crippen molar-refractivity contribution in [3.05, 3.63) is 145 Å². The first kappa shape index (κ1) is 21.4. The number of imidazole rings is 1. The lowest BCUT2D eigenvalue weighted by Crippen LogP contribution is -1.95. The Hall–Kier alpha value is -4.43. The number of nitrogens with zero attached hydrogens (tertiary/aromatic N) is 2. The molecule has 0 atom stereocenters. The van der Waals surface area contributed by atoms with Crippen molar-refractivity contribution >= 4 is 11.0 Å². The fourth-order valence-electron chi connectivity index (χ4n) is 4.19. The molecule has 0 spiro atoms. The van der Waals surface area contributed by atoms with Crippen LogP contribution in [0.2, 0.25) is 0 Å². The first-order chi connectivity index (χ1) is 16.8. The summed E-state index contributed by atoms with van der Waals surface area (Å²) in [7, 11) is 0. The van der Waals surface area contributed by atoms with Crippen LogP contribution in [0.4, 0.5) is 0 Å². The van der Waals surface area contributed by atoms with Crippen LogP contribution in [0.3, 0.4) is 0 Å². The maximum Gasteiger partial charge on any atom is 0.111 e. The number of fused-ring (bicyclic) bond motifs is 1. The third-order valence-electron chi connectivity index (χ3n) is 5.82. The lowest BCUT2D eigenvalue weighted by Gasteiger charge is -2.05. The molecule has 1 aromatic heterocycles. The summed E-state index contributed by atoms with van der Waals surface area (Å²) in [4.78, 5) is 4.55. The highest BCUT2D eigenvalue weighted by Crippen LogP contribution is 2.26. The van der Waals surface area contributed by atoms with Crippen LogP contribution in [-0.4, -0.2) is 9.55 Å². The smallest absolute Gasteiger partial charge is 0.111 e. The summed E-state index contributed by atoms with van der Waals surface area (Å²) in [6, 6.07) is 48.1. The van der Waals surface area contributed by atoms with Gasteiger partial charge in [-0.05, 0) is 59.5 Å². The molecule has 0 radical (unpaired) electrons. The molecule has 34 heavy (non-hydrogen) atoms. The quantitative estimate of drug-likeness (QED) is 0.271. The minimum atomic E-state index is 1.02. The van der Waals surface area contributed by atoms with Crippen molar-refractivity contribution in [2.45, 2.75) is 6.92 Å². The molecule has 2 heteroatoms. The Morgan fingerprint density at radius 2 is 0.941 bits per heavy atom. The van der Waals surface area contributed by atoms with Crippen LogP contribution in [0.5, 0.6) is 0 Å². The zero-order chi connectivity index (χ0) is 23.2. The molecule has 0 aliphatic heterocycles. The zero-order valence-corrected chi connectivity index (χ0v) is 19.2. The van der Waals surface area contributed by atoms with E-state index >= 15 is 0 Å². The molecule has 6 aromatic rings. The molecule has 2 nitrogen and oxygen atoms in total. The van der Waals surface area contributed by atoms with Crippen molar-refractivity contribution in [2.75, 3.05) is 0 Å². The Balaban J connectivity index is 0.000000142. The molecule has 0 N–H and O–H groups in total. The minimum Gasteiger partial charge on any atom is -0.297 e. The van der Waals surface area contributed by atoms with Gasteiger partial charge in [0.1, 0.15) is 5.82 Å². The molecule has 0 unspecified atom stereocenters. The Labute approximate surface area is 200 Å². The second kappa shape index (κ2) is 10.0. The van der Waals surface area contributed by atoms with Crippen molar-refractivity contribution in [2.24, 2.45) is 0 Å². The highest BCUT2D eigenvalue weighted by molar-refractivity contribution is 5.78. The first-order valence-corrected chi connectivity index (χ1v) is 11.5. The number of hydrogen-bond acceptors (Lipinski definition) is 1. The van der Waals surface area contributed by atoms with Crippen molar-refractivity contribution in [3.8, 4) is 27.9 Å². The summed E-state index contributed by atoms with van der Waals surface area (Å²) < 4.78 is 2.18. The molecule has 6 rings (SSSR count). The van der Waals surface area contributed by atoms with Crippen LogP contribution >= 0.6 is 0 Å². The third kappa shape index (κ3) is 4.67. The second-order valence-corrected chi connectivity index (χ2v) is 8.13. The summed E-state index contributed by atoms with van der Waals surface area (Å²) in [5, 5.41) is 0. The van der Waals surface area contributed by atoms with Crippen LogP contribution in [0, 0.1) is 6.92 Å². The third-order valence-corrected chi connectivity index (χ3v) is 5.82. The summed E-state index contributed by atoms with van der Waals surface area (Å²) in [6.45, 7) is 2.03. The van der Waals surface area contributed by atoms with Gasteiger partial charge in [-0.15, -0.1) is 0 Å². The predicted molar refractivity (Wildman–Crippen MR) is 143 cm³/mol. The zero-order valence-electron chi connectivity index (χ0n) is 19.2. The molecule has 1 heterocycles. The monoisotopic (exact) mass is 438 g/mol. The van der Waals surface area contributed by atoms with E-state index in [1.165, 1.54) is 22.3 Å². The summed E-state index contributed by atoms with van der Waals surface area (Å²) in [6.07, 6.45) is 0. The van der Waals surface area contributed by atoms with Crippen molar-refractivity contribution in [1.29, 1.82) is 0 Å². The molecule has 0 bridgehead atoms. The van der Waals surface area contributed by atoms with E-state index in [0.717, 1.165) is 22.5 Å². The molecule has 0 aliphatic carbocycles. The molecular weight excluding hydrogens is 412 g/mol. The van der Waals surface area contributed by atoms with Gasteiger partial charge in [-0.3, -0.25) is 4.57 Å². The lowest BCUT2D eigenvalue weighted by molar-refractivity contribution is 1.00. The fraction of sp³-hybridized carbons (Fsp3) is 0.0312. The van der Waals surface area contributed by atoms with E-state index in [2.05, 4.69) is 101 Å². The minimum absolute atomic E-state index is 1.02. The average Bonchev–Trinajstić information content (AvgIpc) is 3.26. The van der Waals surface area contributed by atoms with Crippen molar-refractivity contribution in [1.82, 2.24) is 9.55 Å². The summed E-state index contributed by atoms with van der Waals surface area (Å²) >= 11 is 0. The van der Waals surface area contributed by atoms with Gasteiger partial charge >= 0.3 is 0 Å². The van der Waals surface area contributed by atoms with Crippen LogP contribution in [0.1, 0.15) is 5.82 Å². The molecular formula is C32H26N2. The van der Waals surface area contributed by atoms with Gasteiger partial charge in [0.15, 0.2) is 0 Å². The maximum atomic E-state index is 4.55. The van der Waals surface area contributed by atoms with Crippen LogP contribution < -0.4 is 0 Å². The average molecular weight is 439 g/mol. The first-order valence-electron chi connectivity index (χ1n) is 11.5. The van der Waals surface area contributed by atoms with E-state index in [9.17, 15) is 0 Å². The SMILES string of the molecule is Cc1nc2ccccc2n1-c1ccccc1.c1ccc(-c2cccc(-c3ccccc3)c2)cc1. The number of hydrogen-bond donors (Lipinski definition) is 0. The van der Waals surface area contributed by atoms with Gasteiger partial charge < -0.3 is 0 Å². The lowest BCUT2D eigenvalue weighted by atomic mass is 9.99. The Kier molecular flexibility index (Phi) is 6.31. The molecule has 0 fully saturated rings. The number of rotatable bonds is 3. The second-order valence-electron chi connectivity index (χ2n) is 8.13. The van der Waals surface area contributed by atoms with Crippen LogP contribution in [0.15, 0.2) is 140 Å². The highest BCUT2D eigenvalue weighted by Gasteiger charge is 2.07. The van der Waals surface area contributed by atoms with Crippen LogP contribution in [-0.2, 0) is 0 Å². The van der Waals surface area contributed by atoms with Gasteiger partial charge in [0.25, 0.3) is 0 Å². The molecule has 0 amide bonds. The number of benzene rings is 5. The topological polar surface area (TPSA) is 17.8 Å². The maximum absolute atomic E-state index is 4.55. The van der Waals surface area contributed by atoms with Gasteiger partial charge in [0.2, 0.25) is 0 Å². The predicted octanol–water partition coefficient (Wildman–Crippen LogP) is 8.35. The van der Waals surface area contributed by atoms with Crippen molar-refractivity contribution in [3.63, 3.8) is 0 Å². The van der Waals surface area contributed by atoms with E-state index in [1.54, 1.807) is 0 Å². The van der Waals surface area contributed by atoms with Crippen LogP contribution in [0.25, 0.3) is 39.0 Å². The number of para-hydroxylation sites is 3. The van der Waals surface area contributed by atoms with Gasteiger partial charge in [0.05, 0.1) is 11.0 Å². The summed E-state index contributed by atoms with van der Waals surface area (Å²) in [5.74, 6) is 1.02. The molecule has 0 saturated heterocycles. The largest absolute Gasteiger partial charge is 0.297 e. The van der Waals surface area contributed by atoms with E-state index in [1.807, 2.05) is 55.5 Å². The van der Waals surface area contributed by atoms with E-state index in [4.69, 9.17) is 0 Å². The van der Waals surface area contributed by atoms with Gasteiger partial charge in [-0.1, -0.05) is 109 Å². The Morgan fingerprint density at radius 3 is 1.53 bits per heavy atom. The standard InChI is InChI=1S/C18H14.C14H12N2/c1-3-8-15(9-4-1)17-12-7-13-18(14-17)16-10-5-2-6-11-16;1-11-15-13-9-5-6-10-14(13)16(11)12-7-3-2-4-8-12/h1-14H;2-10H,1H3. The van der Waals surface area contributed by atoms with Gasteiger partial charge in [-0.25, -0.2) is 4.98 Å². The van der Waals surface area contributed by atoms with E-state index in [-0.39, 0.29) is 0 Å². The molecule has 5 aromatic carbocycles. The highest BCUT2D eigenvalue weighted by atomic mass is 15.1.